The summed E-state index contributed by atoms with van der Waals surface area (Å²) in [6.07, 6.45) is 5.48. The van der Waals surface area contributed by atoms with Crippen LogP contribution in [0.4, 0.5) is 11.4 Å². The Morgan fingerprint density at radius 1 is 0.724 bits per heavy atom. The van der Waals surface area contributed by atoms with E-state index in [9.17, 15) is 24.3 Å². The summed E-state index contributed by atoms with van der Waals surface area (Å²) in [6.45, 7) is 7.36. The van der Waals surface area contributed by atoms with Crippen LogP contribution in [0.5, 0.6) is 0 Å². The molecule has 3 amide bonds. The number of carboxylic acid groups (broad SMARTS) is 1. The van der Waals surface area contributed by atoms with Gasteiger partial charge in [-0.3, -0.25) is 24.6 Å². The summed E-state index contributed by atoms with van der Waals surface area (Å²) in [6, 6.07) is 27.9. The van der Waals surface area contributed by atoms with Gasteiger partial charge in [-0.2, -0.15) is 0 Å². The first-order valence-electron chi connectivity index (χ1n) is 20.6. The molecule has 3 fully saturated rings. The van der Waals surface area contributed by atoms with Crippen LogP contribution in [0.1, 0.15) is 87.1 Å². The summed E-state index contributed by atoms with van der Waals surface area (Å²) in [5.41, 5.74) is 10.9. The van der Waals surface area contributed by atoms with E-state index >= 15 is 0 Å². The Bertz CT molecular complexity index is 2310. The third kappa shape index (κ3) is 7.51. The van der Waals surface area contributed by atoms with Crippen LogP contribution in [0.25, 0.3) is 11.1 Å². The van der Waals surface area contributed by atoms with Crippen molar-refractivity contribution in [1.29, 1.82) is 0 Å². The van der Waals surface area contributed by atoms with Crippen LogP contribution in [-0.4, -0.2) is 90.5 Å². The zero-order chi connectivity index (χ0) is 39.9. The third-order valence-electron chi connectivity index (χ3n) is 12.9. The molecule has 0 radical (unpaired) electrons. The maximum absolute atomic E-state index is 13.2. The predicted molar refractivity (Wildman–Crippen MR) is 226 cm³/mol. The van der Waals surface area contributed by atoms with Gasteiger partial charge in [-0.15, -0.1) is 0 Å². The molecule has 58 heavy (non-hydrogen) atoms. The first-order valence-corrected chi connectivity index (χ1v) is 21.0. The lowest BCUT2D eigenvalue weighted by Crippen LogP contribution is -2.52. The number of aryl methyl sites for hydroxylation is 1. The van der Waals surface area contributed by atoms with Crippen LogP contribution in [0, 0.1) is 5.92 Å². The highest BCUT2D eigenvalue weighted by Crippen LogP contribution is 2.42. The van der Waals surface area contributed by atoms with Gasteiger partial charge in [0.05, 0.1) is 5.56 Å². The summed E-state index contributed by atoms with van der Waals surface area (Å²) in [7, 11) is 0. The number of nitrogens with zero attached hydrogens (tertiary/aromatic N) is 4. The fourth-order valence-electron chi connectivity index (χ4n) is 9.75. The van der Waals surface area contributed by atoms with Gasteiger partial charge in [-0.1, -0.05) is 48.0 Å². The highest BCUT2D eigenvalue weighted by Gasteiger charge is 2.39. The van der Waals surface area contributed by atoms with E-state index in [2.05, 4.69) is 56.4 Å². The van der Waals surface area contributed by atoms with E-state index in [1.165, 1.54) is 11.3 Å². The van der Waals surface area contributed by atoms with Gasteiger partial charge in [-0.25, -0.2) is 4.79 Å². The lowest BCUT2D eigenvalue weighted by atomic mass is 9.87. The Morgan fingerprint density at radius 3 is 2.19 bits per heavy atom. The molecule has 0 saturated carbocycles. The first-order chi connectivity index (χ1) is 28.2. The molecule has 1 atom stereocenters. The van der Waals surface area contributed by atoms with Crippen molar-refractivity contribution < 1.29 is 24.3 Å². The molecule has 4 aromatic rings. The molecule has 0 aromatic heterocycles. The minimum absolute atomic E-state index is 0.135. The van der Waals surface area contributed by atoms with Crippen molar-refractivity contribution in [2.75, 3.05) is 55.6 Å². The van der Waals surface area contributed by atoms with Gasteiger partial charge in [-0.05, 0) is 132 Å². The number of hydrogen-bond donors (Lipinski definition) is 2. The molecule has 4 aliphatic heterocycles. The van der Waals surface area contributed by atoms with E-state index in [1.807, 2.05) is 42.5 Å². The van der Waals surface area contributed by atoms with Crippen LogP contribution in [-0.2, 0) is 22.6 Å². The van der Waals surface area contributed by atoms with Gasteiger partial charge in [0, 0.05) is 80.7 Å². The summed E-state index contributed by atoms with van der Waals surface area (Å²) in [4.78, 5) is 58.3. The van der Waals surface area contributed by atoms with Gasteiger partial charge in [0.15, 0.2) is 0 Å². The Hall–Kier alpha value is -5.45. The number of benzene rings is 4. The fraction of sp³-hybridized carbons (Fsp3) is 0.362. The lowest BCUT2D eigenvalue weighted by Gasteiger charge is -2.40. The molecule has 0 spiro atoms. The maximum atomic E-state index is 13.2. The van der Waals surface area contributed by atoms with E-state index in [0.29, 0.717) is 30.0 Å². The highest BCUT2D eigenvalue weighted by molar-refractivity contribution is 6.32. The van der Waals surface area contributed by atoms with Gasteiger partial charge in [0.1, 0.15) is 6.04 Å². The van der Waals surface area contributed by atoms with Gasteiger partial charge >= 0.3 is 5.97 Å². The van der Waals surface area contributed by atoms with Crippen molar-refractivity contribution in [2.45, 2.75) is 57.5 Å². The second-order valence-corrected chi connectivity index (χ2v) is 16.8. The van der Waals surface area contributed by atoms with Gasteiger partial charge in [0.2, 0.25) is 11.8 Å². The number of piperazine rings is 1. The number of carboxylic acids is 1. The standard InChI is InChI=1S/C47H48ClN5O5/c48-41-7-2-1-5-39(41)40-6-3-4-32-26-33(47(57)58)10-14-37(32)44(40)31-8-11-35(12-9-31)51-20-18-30(19-21-51)28-50-22-24-52(25-23-50)36-13-15-38-34(27-36)29-53(46(38)56)42-16-17-43(54)49-45(42)55/h1-2,5,7-15,26-27,30,42H,3-4,6,16-25,28-29H2,(H,57,58)(H,49,54,55)/t42-/m0/s1. The minimum atomic E-state index is -0.908. The van der Waals surface area contributed by atoms with Crippen molar-refractivity contribution in [3.05, 3.63) is 129 Å². The number of imide groups is 1. The number of halogens is 1. The molecule has 11 heteroatoms. The van der Waals surface area contributed by atoms with Crippen molar-refractivity contribution >= 4 is 57.8 Å². The van der Waals surface area contributed by atoms with Crippen LogP contribution in [0.3, 0.4) is 0 Å². The molecule has 2 N–H and O–H groups in total. The molecular formula is C47H48ClN5O5. The number of piperidine rings is 2. The zero-order valence-corrected chi connectivity index (χ0v) is 33.3. The predicted octanol–water partition coefficient (Wildman–Crippen LogP) is 7.13. The van der Waals surface area contributed by atoms with Crippen molar-refractivity contribution in [3.63, 3.8) is 0 Å². The number of hydrogen-bond acceptors (Lipinski definition) is 7. The van der Waals surface area contributed by atoms with Crippen molar-refractivity contribution in [1.82, 2.24) is 15.1 Å². The Balaban J connectivity index is 0.814. The van der Waals surface area contributed by atoms with Crippen LogP contribution < -0.4 is 15.1 Å². The summed E-state index contributed by atoms with van der Waals surface area (Å²) in [5.74, 6) is -1.05. The number of aromatic carboxylic acids is 1. The number of fused-ring (bicyclic) bond motifs is 2. The van der Waals surface area contributed by atoms with E-state index in [1.54, 1.807) is 11.0 Å². The quantitative estimate of drug-likeness (QED) is 0.181. The first kappa shape index (κ1) is 38.1. The average molecular weight is 798 g/mol. The molecule has 4 aromatic carbocycles. The number of allylic oxidation sites excluding steroid dienone is 1. The number of amides is 3. The molecular weight excluding hydrogens is 750 g/mol. The lowest BCUT2D eigenvalue weighted by molar-refractivity contribution is -0.136. The third-order valence-corrected chi connectivity index (χ3v) is 13.2. The molecule has 0 bridgehead atoms. The number of anilines is 2. The fourth-order valence-corrected chi connectivity index (χ4v) is 10.00. The average Bonchev–Trinajstić information content (AvgIpc) is 3.43. The van der Waals surface area contributed by atoms with E-state index < -0.39 is 12.0 Å². The van der Waals surface area contributed by atoms with Crippen LogP contribution >= 0.6 is 11.6 Å². The SMILES string of the molecule is O=C1CC[C@H](N2Cc3cc(N4CCN(CC5CCN(c6ccc(C7=C(c8ccccc8Cl)CCCc8cc(C(=O)O)ccc87)cc6)CC5)CC4)ccc3C2=O)C(=O)N1. The smallest absolute Gasteiger partial charge is 0.335 e. The number of nitrogens with one attached hydrogen (secondary N) is 1. The highest BCUT2D eigenvalue weighted by atomic mass is 35.5. The minimum Gasteiger partial charge on any atom is -0.478 e. The van der Waals surface area contributed by atoms with Crippen LogP contribution in [0.15, 0.2) is 84.9 Å². The molecule has 9 rings (SSSR count). The number of carbonyl (C=O) groups is 4. The number of rotatable bonds is 8. The molecule has 298 valence electrons. The van der Waals surface area contributed by atoms with E-state index in [0.717, 1.165) is 122 Å². The molecule has 3 saturated heterocycles. The molecule has 5 aliphatic rings. The molecule has 10 nitrogen and oxygen atoms in total. The van der Waals surface area contributed by atoms with Crippen LogP contribution in [0.2, 0.25) is 5.02 Å². The molecule has 0 unspecified atom stereocenters. The van der Waals surface area contributed by atoms with Gasteiger partial charge < -0.3 is 19.8 Å². The van der Waals surface area contributed by atoms with Crippen molar-refractivity contribution in [3.8, 4) is 0 Å². The summed E-state index contributed by atoms with van der Waals surface area (Å²) < 4.78 is 0. The Kier molecular flexibility index (Phi) is 10.6. The van der Waals surface area contributed by atoms with Gasteiger partial charge in [0.25, 0.3) is 5.91 Å². The second kappa shape index (κ2) is 16.1. The Labute approximate surface area is 344 Å². The largest absolute Gasteiger partial charge is 0.478 e. The Morgan fingerprint density at radius 2 is 1.45 bits per heavy atom. The topological polar surface area (TPSA) is 114 Å². The summed E-state index contributed by atoms with van der Waals surface area (Å²) in [5, 5.41) is 12.8. The monoisotopic (exact) mass is 797 g/mol. The normalized spacial score (nSPS) is 20.5. The van der Waals surface area contributed by atoms with E-state index in [-0.39, 0.29) is 24.1 Å². The summed E-state index contributed by atoms with van der Waals surface area (Å²) >= 11 is 6.79. The molecule has 1 aliphatic carbocycles. The number of carbonyl (C=O) groups excluding carboxylic acids is 3. The van der Waals surface area contributed by atoms with Crippen molar-refractivity contribution in [2.24, 2.45) is 5.92 Å². The second-order valence-electron chi connectivity index (χ2n) is 16.4. The van der Waals surface area contributed by atoms with E-state index in [4.69, 9.17) is 11.6 Å². The molecule has 4 heterocycles. The maximum Gasteiger partial charge on any atom is 0.335 e. The zero-order valence-electron chi connectivity index (χ0n) is 32.6.